The van der Waals surface area contributed by atoms with Gasteiger partial charge in [-0.15, -0.1) is 0 Å². The maximum Gasteiger partial charge on any atom is 0.317 e. The largest absolute Gasteiger partial charge is 0.487 e. The Hall–Kier alpha value is -2.57. The van der Waals surface area contributed by atoms with Crippen LogP contribution in [0.2, 0.25) is 0 Å². The van der Waals surface area contributed by atoms with Crippen LogP contribution in [0.15, 0.2) is 36.9 Å². The Labute approximate surface area is 136 Å². The van der Waals surface area contributed by atoms with Crippen molar-refractivity contribution in [3.8, 4) is 5.75 Å². The van der Waals surface area contributed by atoms with Crippen LogP contribution < -0.4 is 10.1 Å². The summed E-state index contributed by atoms with van der Waals surface area (Å²) in [6.07, 6.45) is 6.84. The number of nitrogens with zero attached hydrogens (tertiary/aromatic N) is 4. The predicted octanol–water partition coefficient (Wildman–Crippen LogP) is 1.91. The van der Waals surface area contributed by atoms with Crippen molar-refractivity contribution in [1.82, 2.24) is 24.8 Å². The van der Waals surface area contributed by atoms with Crippen molar-refractivity contribution in [3.63, 3.8) is 0 Å². The van der Waals surface area contributed by atoms with E-state index in [0.29, 0.717) is 18.8 Å². The Kier molecular flexibility index (Phi) is 5.96. The average molecular weight is 317 g/mol. The number of hydrogen-bond donors (Lipinski definition) is 1. The molecule has 0 aliphatic heterocycles. The Balaban J connectivity index is 1.77. The van der Waals surface area contributed by atoms with Gasteiger partial charge in [0.15, 0.2) is 0 Å². The number of imidazole rings is 1. The first-order valence-electron chi connectivity index (χ1n) is 7.65. The quantitative estimate of drug-likeness (QED) is 0.846. The van der Waals surface area contributed by atoms with E-state index in [0.717, 1.165) is 12.4 Å². The van der Waals surface area contributed by atoms with Gasteiger partial charge in [0.2, 0.25) is 0 Å². The molecular formula is C16H23N5O2. The Morgan fingerprint density at radius 2 is 2.30 bits per heavy atom. The second-order valence-electron chi connectivity index (χ2n) is 5.29. The van der Waals surface area contributed by atoms with Crippen molar-refractivity contribution in [2.45, 2.75) is 33.0 Å². The van der Waals surface area contributed by atoms with Gasteiger partial charge in [0.1, 0.15) is 17.7 Å². The van der Waals surface area contributed by atoms with Gasteiger partial charge in [-0.25, -0.2) is 9.78 Å². The molecule has 2 aromatic rings. The fourth-order valence-electron chi connectivity index (χ4n) is 2.12. The number of aromatic nitrogens is 3. The molecule has 1 N–H and O–H groups in total. The third-order valence-electron chi connectivity index (χ3n) is 3.38. The third kappa shape index (κ3) is 4.98. The molecule has 0 saturated heterocycles. The summed E-state index contributed by atoms with van der Waals surface area (Å²) in [7, 11) is 1.75. The molecular weight excluding hydrogens is 294 g/mol. The molecule has 2 rings (SSSR count). The summed E-state index contributed by atoms with van der Waals surface area (Å²) >= 11 is 0. The maximum atomic E-state index is 12.1. The number of carbonyl (C=O) groups is 1. The number of nitrogens with one attached hydrogen (secondary N) is 1. The van der Waals surface area contributed by atoms with E-state index in [1.54, 1.807) is 30.5 Å². The normalized spacial score (nSPS) is 11.8. The van der Waals surface area contributed by atoms with Crippen molar-refractivity contribution in [2.75, 3.05) is 13.6 Å². The fourth-order valence-corrected chi connectivity index (χ4v) is 2.12. The number of urea groups is 1. The van der Waals surface area contributed by atoms with E-state index in [1.807, 2.05) is 36.7 Å². The first kappa shape index (κ1) is 16.8. The van der Waals surface area contributed by atoms with Crippen LogP contribution in [0.4, 0.5) is 4.79 Å². The number of ether oxygens (including phenoxy) is 1. The highest BCUT2D eigenvalue weighted by molar-refractivity contribution is 5.73. The standard InChI is InChI=1S/C16H23N5O2/c1-4-21-9-8-18-15(21)12-20(3)16(22)19-10-13(2)23-14-6-5-7-17-11-14/h5-9,11,13H,4,10,12H2,1-3H3,(H,19,22)/t13-/m0/s1. The van der Waals surface area contributed by atoms with E-state index < -0.39 is 0 Å². The van der Waals surface area contributed by atoms with Crippen LogP contribution in [0.5, 0.6) is 5.75 Å². The molecule has 0 aliphatic carbocycles. The molecule has 7 nitrogen and oxygen atoms in total. The van der Waals surface area contributed by atoms with E-state index in [2.05, 4.69) is 15.3 Å². The lowest BCUT2D eigenvalue weighted by Crippen LogP contribution is -2.41. The van der Waals surface area contributed by atoms with E-state index in [4.69, 9.17) is 4.74 Å². The summed E-state index contributed by atoms with van der Waals surface area (Å²) in [6.45, 7) is 5.66. The molecule has 1 atom stereocenters. The Morgan fingerprint density at radius 1 is 1.48 bits per heavy atom. The lowest BCUT2D eigenvalue weighted by atomic mass is 10.4. The van der Waals surface area contributed by atoms with Crippen LogP contribution >= 0.6 is 0 Å². The molecule has 2 amide bonds. The molecule has 0 bridgehead atoms. The molecule has 0 unspecified atom stereocenters. The van der Waals surface area contributed by atoms with Crippen molar-refractivity contribution in [2.24, 2.45) is 0 Å². The van der Waals surface area contributed by atoms with Gasteiger partial charge in [-0.05, 0) is 26.0 Å². The molecule has 2 heterocycles. The molecule has 0 radical (unpaired) electrons. The first-order chi connectivity index (χ1) is 11.1. The predicted molar refractivity (Wildman–Crippen MR) is 87.1 cm³/mol. The number of hydrogen-bond acceptors (Lipinski definition) is 4. The second kappa shape index (κ2) is 8.17. The minimum Gasteiger partial charge on any atom is -0.487 e. The lowest BCUT2D eigenvalue weighted by molar-refractivity contribution is 0.187. The monoisotopic (exact) mass is 317 g/mol. The molecule has 0 fully saturated rings. The topological polar surface area (TPSA) is 72.3 Å². The van der Waals surface area contributed by atoms with Gasteiger partial charge in [-0.2, -0.15) is 0 Å². The van der Waals surface area contributed by atoms with E-state index in [-0.39, 0.29) is 12.1 Å². The van der Waals surface area contributed by atoms with Gasteiger partial charge >= 0.3 is 6.03 Å². The van der Waals surface area contributed by atoms with Gasteiger partial charge in [0, 0.05) is 32.2 Å². The molecule has 0 aromatic carbocycles. The highest BCUT2D eigenvalue weighted by atomic mass is 16.5. The summed E-state index contributed by atoms with van der Waals surface area (Å²) in [5, 5.41) is 2.86. The number of aryl methyl sites for hydroxylation is 1. The third-order valence-corrected chi connectivity index (χ3v) is 3.38. The van der Waals surface area contributed by atoms with Gasteiger partial charge in [0.05, 0.1) is 19.3 Å². The number of amides is 2. The molecule has 0 spiro atoms. The maximum absolute atomic E-state index is 12.1. The Bertz CT molecular complexity index is 614. The zero-order valence-corrected chi connectivity index (χ0v) is 13.8. The highest BCUT2D eigenvalue weighted by Gasteiger charge is 2.13. The van der Waals surface area contributed by atoms with Crippen molar-refractivity contribution >= 4 is 6.03 Å². The SMILES string of the molecule is CCn1ccnc1CN(C)C(=O)NC[C@H](C)Oc1cccnc1. The van der Waals surface area contributed by atoms with Crippen molar-refractivity contribution in [1.29, 1.82) is 0 Å². The smallest absolute Gasteiger partial charge is 0.317 e. The minimum atomic E-state index is -0.155. The van der Waals surface area contributed by atoms with Crippen LogP contribution in [-0.2, 0) is 13.1 Å². The summed E-state index contributed by atoms with van der Waals surface area (Å²) < 4.78 is 7.69. The Morgan fingerprint density at radius 3 is 3.00 bits per heavy atom. The zero-order chi connectivity index (χ0) is 16.7. The summed E-state index contributed by atoms with van der Waals surface area (Å²) in [6, 6.07) is 3.49. The summed E-state index contributed by atoms with van der Waals surface area (Å²) in [5.74, 6) is 1.55. The molecule has 0 saturated carbocycles. The molecule has 2 aromatic heterocycles. The molecule has 0 aliphatic rings. The van der Waals surface area contributed by atoms with Crippen LogP contribution in [0.3, 0.4) is 0 Å². The van der Waals surface area contributed by atoms with Gasteiger partial charge in [0.25, 0.3) is 0 Å². The average Bonchev–Trinajstić information content (AvgIpc) is 3.00. The van der Waals surface area contributed by atoms with E-state index in [9.17, 15) is 4.79 Å². The van der Waals surface area contributed by atoms with Crippen LogP contribution in [0.1, 0.15) is 19.7 Å². The molecule has 124 valence electrons. The van der Waals surface area contributed by atoms with Gasteiger partial charge in [-0.1, -0.05) is 0 Å². The lowest BCUT2D eigenvalue weighted by Gasteiger charge is -2.20. The number of pyridine rings is 1. The fraction of sp³-hybridized carbons (Fsp3) is 0.438. The highest BCUT2D eigenvalue weighted by Crippen LogP contribution is 2.08. The molecule has 23 heavy (non-hydrogen) atoms. The number of carbonyl (C=O) groups excluding carboxylic acids is 1. The van der Waals surface area contributed by atoms with Crippen LogP contribution in [-0.4, -0.2) is 45.2 Å². The van der Waals surface area contributed by atoms with Crippen molar-refractivity contribution in [3.05, 3.63) is 42.7 Å². The minimum absolute atomic E-state index is 0.144. The van der Waals surface area contributed by atoms with Gasteiger partial charge < -0.3 is 19.5 Å². The van der Waals surface area contributed by atoms with Crippen LogP contribution in [0, 0.1) is 0 Å². The van der Waals surface area contributed by atoms with Gasteiger partial charge in [-0.3, -0.25) is 4.98 Å². The first-order valence-corrected chi connectivity index (χ1v) is 7.65. The number of rotatable bonds is 7. The van der Waals surface area contributed by atoms with Crippen LogP contribution in [0.25, 0.3) is 0 Å². The zero-order valence-electron chi connectivity index (χ0n) is 13.8. The van der Waals surface area contributed by atoms with Crippen molar-refractivity contribution < 1.29 is 9.53 Å². The molecule has 7 heteroatoms. The van der Waals surface area contributed by atoms with E-state index in [1.165, 1.54) is 0 Å². The summed E-state index contributed by atoms with van der Waals surface area (Å²) in [5.41, 5.74) is 0. The second-order valence-corrected chi connectivity index (χ2v) is 5.29. The van der Waals surface area contributed by atoms with E-state index >= 15 is 0 Å². The summed E-state index contributed by atoms with van der Waals surface area (Å²) in [4.78, 5) is 22.0.